The molecule has 0 spiro atoms. The molecule has 1 rings (SSSR count). The quantitative estimate of drug-likeness (QED) is 0.760. The summed E-state index contributed by atoms with van der Waals surface area (Å²) in [4.78, 5) is 11.6. The molecule has 16 heavy (non-hydrogen) atoms. The van der Waals surface area contributed by atoms with Gasteiger partial charge in [-0.1, -0.05) is 37.3 Å². The Balaban J connectivity index is 2.23. The van der Waals surface area contributed by atoms with Crippen molar-refractivity contribution >= 4 is 5.91 Å². The first-order valence-electron chi connectivity index (χ1n) is 5.75. The highest BCUT2D eigenvalue weighted by atomic mass is 16.1. The van der Waals surface area contributed by atoms with Crippen molar-refractivity contribution in [3.63, 3.8) is 0 Å². The lowest BCUT2D eigenvalue weighted by molar-refractivity contribution is -0.124. The highest BCUT2D eigenvalue weighted by molar-refractivity contribution is 5.78. The second-order valence-corrected chi connectivity index (χ2v) is 4.01. The fraction of sp³-hybridized carbons (Fsp3) is 0.462. The van der Waals surface area contributed by atoms with Gasteiger partial charge in [-0.25, -0.2) is 0 Å². The smallest absolute Gasteiger partial charge is 0.222 e. The number of hydrogen-bond acceptors (Lipinski definition) is 2. The highest BCUT2D eigenvalue weighted by Crippen LogP contribution is 2.01. The molecule has 0 aliphatic rings. The number of rotatable bonds is 6. The van der Waals surface area contributed by atoms with Gasteiger partial charge in [0.15, 0.2) is 0 Å². The second-order valence-electron chi connectivity index (χ2n) is 4.01. The standard InChI is InChI=1S/C13H20N2O/c1-11(7-9-14)13(16)15-10-8-12-5-3-2-4-6-12/h2-6,11H,7-10,14H2,1H3,(H,15,16). The van der Waals surface area contributed by atoms with Gasteiger partial charge in [-0.2, -0.15) is 0 Å². The molecule has 0 saturated heterocycles. The van der Waals surface area contributed by atoms with E-state index in [0.29, 0.717) is 13.1 Å². The Hall–Kier alpha value is -1.35. The molecule has 3 nitrogen and oxygen atoms in total. The van der Waals surface area contributed by atoms with E-state index in [4.69, 9.17) is 5.73 Å². The molecule has 88 valence electrons. The minimum absolute atomic E-state index is 0.0146. The van der Waals surface area contributed by atoms with Crippen LogP contribution in [0.25, 0.3) is 0 Å². The van der Waals surface area contributed by atoms with Crippen molar-refractivity contribution in [2.75, 3.05) is 13.1 Å². The molecule has 0 bridgehead atoms. The summed E-state index contributed by atoms with van der Waals surface area (Å²) in [5, 5.41) is 2.92. The number of hydrogen-bond donors (Lipinski definition) is 2. The maximum absolute atomic E-state index is 11.6. The molecule has 1 atom stereocenters. The van der Waals surface area contributed by atoms with Crippen LogP contribution in [0.5, 0.6) is 0 Å². The first-order chi connectivity index (χ1) is 7.74. The number of carbonyl (C=O) groups excluding carboxylic acids is 1. The van der Waals surface area contributed by atoms with Gasteiger partial charge < -0.3 is 11.1 Å². The van der Waals surface area contributed by atoms with E-state index in [1.807, 2.05) is 25.1 Å². The van der Waals surface area contributed by atoms with Gasteiger partial charge in [-0.3, -0.25) is 4.79 Å². The molecule has 0 fully saturated rings. The molecule has 0 aromatic heterocycles. The first-order valence-corrected chi connectivity index (χ1v) is 5.75. The molecule has 0 heterocycles. The van der Waals surface area contributed by atoms with Crippen LogP contribution in [0.2, 0.25) is 0 Å². The monoisotopic (exact) mass is 220 g/mol. The molecular weight excluding hydrogens is 200 g/mol. The summed E-state index contributed by atoms with van der Waals surface area (Å²) in [5.41, 5.74) is 6.65. The number of benzene rings is 1. The van der Waals surface area contributed by atoms with E-state index in [0.717, 1.165) is 12.8 Å². The van der Waals surface area contributed by atoms with Crippen molar-refractivity contribution in [2.24, 2.45) is 11.7 Å². The van der Waals surface area contributed by atoms with E-state index in [9.17, 15) is 4.79 Å². The molecule has 0 radical (unpaired) electrons. The van der Waals surface area contributed by atoms with Crippen molar-refractivity contribution in [3.05, 3.63) is 35.9 Å². The zero-order chi connectivity index (χ0) is 11.8. The summed E-state index contributed by atoms with van der Waals surface area (Å²) >= 11 is 0. The van der Waals surface area contributed by atoms with Gasteiger partial charge in [0.2, 0.25) is 5.91 Å². The molecule has 3 heteroatoms. The summed E-state index contributed by atoms with van der Waals surface area (Å²) in [7, 11) is 0. The Bertz CT molecular complexity index is 311. The summed E-state index contributed by atoms with van der Waals surface area (Å²) in [6, 6.07) is 10.1. The molecule has 0 aliphatic heterocycles. The Kier molecular flexibility index (Phi) is 5.57. The Morgan fingerprint density at radius 2 is 2.06 bits per heavy atom. The molecule has 1 unspecified atom stereocenters. The third kappa shape index (κ3) is 4.45. The summed E-state index contributed by atoms with van der Waals surface area (Å²) < 4.78 is 0. The summed E-state index contributed by atoms with van der Waals surface area (Å²) in [6.45, 7) is 3.16. The van der Waals surface area contributed by atoms with Crippen molar-refractivity contribution in [1.29, 1.82) is 0 Å². The molecule has 1 amide bonds. The maximum Gasteiger partial charge on any atom is 0.222 e. The fourth-order valence-electron chi connectivity index (χ4n) is 1.53. The van der Waals surface area contributed by atoms with Crippen LogP contribution in [0.4, 0.5) is 0 Å². The third-order valence-electron chi connectivity index (χ3n) is 2.60. The maximum atomic E-state index is 11.6. The Morgan fingerprint density at radius 1 is 1.38 bits per heavy atom. The van der Waals surface area contributed by atoms with Gasteiger partial charge in [-0.15, -0.1) is 0 Å². The molecule has 1 aromatic carbocycles. The lowest BCUT2D eigenvalue weighted by Gasteiger charge is -2.10. The molecule has 0 saturated carbocycles. The zero-order valence-electron chi connectivity index (χ0n) is 9.78. The minimum atomic E-state index is 0.0146. The average molecular weight is 220 g/mol. The predicted octanol–water partition coefficient (Wildman–Crippen LogP) is 1.33. The van der Waals surface area contributed by atoms with Gasteiger partial charge in [-0.05, 0) is 24.9 Å². The summed E-state index contributed by atoms with van der Waals surface area (Å²) in [5.74, 6) is 0.113. The Morgan fingerprint density at radius 3 is 2.69 bits per heavy atom. The van der Waals surface area contributed by atoms with Crippen LogP contribution >= 0.6 is 0 Å². The van der Waals surface area contributed by atoms with E-state index in [2.05, 4.69) is 17.4 Å². The SMILES string of the molecule is CC(CCN)C(=O)NCCc1ccccc1. The average Bonchev–Trinajstić information content (AvgIpc) is 2.30. The van der Waals surface area contributed by atoms with Crippen molar-refractivity contribution in [2.45, 2.75) is 19.8 Å². The zero-order valence-corrected chi connectivity index (χ0v) is 9.78. The Labute approximate surface area is 97.0 Å². The van der Waals surface area contributed by atoms with E-state index in [-0.39, 0.29) is 11.8 Å². The molecule has 0 aliphatic carbocycles. The normalized spacial score (nSPS) is 12.1. The van der Waals surface area contributed by atoms with Crippen LogP contribution in [-0.2, 0) is 11.2 Å². The topological polar surface area (TPSA) is 55.1 Å². The van der Waals surface area contributed by atoms with Gasteiger partial charge in [0.25, 0.3) is 0 Å². The van der Waals surface area contributed by atoms with E-state index in [1.54, 1.807) is 0 Å². The van der Waals surface area contributed by atoms with Crippen molar-refractivity contribution < 1.29 is 4.79 Å². The van der Waals surface area contributed by atoms with Crippen LogP contribution < -0.4 is 11.1 Å². The molecule has 3 N–H and O–H groups in total. The minimum Gasteiger partial charge on any atom is -0.356 e. The predicted molar refractivity (Wildman–Crippen MR) is 66.0 cm³/mol. The van der Waals surface area contributed by atoms with E-state index < -0.39 is 0 Å². The molecule has 1 aromatic rings. The third-order valence-corrected chi connectivity index (χ3v) is 2.60. The first kappa shape index (κ1) is 12.7. The van der Waals surface area contributed by atoms with Crippen molar-refractivity contribution in [1.82, 2.24) is 5.32 Å². The van der Waals surface area contributed by atoms with Crippen LogP contribution in [-0.4, -0.2) is 19.0 Å². The van der Waals surface area contributed by atoms with Gasteiger partial charge in [0.1, 0.15) is 0 Å². The molecular formula is C13H20N2O. The summed E-state index contributed by atoms with van der Waals surface area (Å²) in [6.07, 6.45) is 1.62. The van der Waals surface area contributed by atoms with Crippen molar-refractivity contribution in [3.8, 4) is 0 Å². The number of nitrogens with two attached hydrogens (primary N) is 1. The fourth-order valence-corrected chi connectivity index (χ4v) is 1.53. The van der Waals surface area contributed by atoms with Crippen LogP contribution in [0.3, 0.4) is 0 Å². The van der Waals surface area contributed by atoms with E-state index in [1.165, 1.54) is 5.56 Å². The number of carbonyl (C=O) groups is 1. The number of amides is 1. The lowest BCUT2D eigenvalue weighted by Crippen LogP contribution is -2.31. The van der Waals surface area contributed by atoms with Gasteiger partial charge in [0, 0.05) is 12.5 Å². The van der Waals surface area contributed by atoms with Gasteiger partial charge in [0.05, 0.1) is 0 Å². The highest BCUT2D eigenvalue weighted by Gasteiger charge is 2.10. The number of nitrogens with one attached hydrogen (secondary N) is 1. The van der Waals surface area contributed by atoms with Gasteiger partial charge >= 0.3 is 0 Å². The van der Waals surface area contributed by atoms with Crippen LogP contribution in [0, 0.1) is 5.92 Å². The van der Waals surface area contributed by atoms with E-state index >= 15 is 0 Å². The van der Waals surface area contributed by atoms with Crippen LogP contribution in [0.15, 0.2) is 30.3 Å². The lowest BCUT2D eigenvalue weighted by atomic mass is 10.1. The second kappa shape index (κ2) is 7.01. The largest absolute Gasteiger partial charge is 0.356 e. The van der Waals surface area contributed by atoms with Crippen LogP contribution in [0.1, 0.15) is 18.9 Å².